The van der Waals surface area contributed by atoms with Gasteiger partial charge in [0, 0.05) is 31.4 Å². The minimum atomic E-state index is -4.66. The molecule has 0 aliphatic carbocycles. The third-order valence-corrected chi connectivity index (χ3v) is 2.45. The summed E-state index contributed by atoms with van der Waals surface area (Å²) >= 11 is 0. The normalized spacial score (nSPS) is 14.7. The Kier molecular flexibility index (Phi) is 5.40. The first-order valence-corrected chi connectivity index (χ1v) is 5.71. The number of aliphatic hydroxyl groups is 2. The van der Waals surface area contributed by atoms with E-state index in [-0.39, 0.29) is 24.4 Å². The van der Waals surface area contributed by atoms with E-state index in [2.05, 4.69) is 15.3 Å². The molecule has 20 heavy (non-hydrogen) atoms. The van der Waals surface area contributed by atoms with Crippen LogP contribution in [0.5, 0.6) is 0 Å². The van der Waals surface area contributed by atoms with Crippen LogP contribution in [0.4, 0.5) is 13.2 Å². The van der Waals surface area contributed by atoms with Crippen molar-refractivity contribution >= 4 is 5.91 Å². The lowest BCUT2D eigenvalue weighted by atomic mass is 10.1. The minimum absolute atomic E-state index is 0.0340. The van der Waals surface area contributed by atoms with Crippen LogP contribution < -0.4 is 5.32 Å². The number of carbonyl (C=O) groups is 1. The van der Waals surface area contributed by atoms with Gasteiger partial charge in [0.1, 0.15) is 6.10 Å². The third kappa shape index (κ3) is 4.74. The summed E-state index contributed by atoms with van der Waals surface area (Å²) in [4.78, 5) is 16.8. The van der Waals surface area contributed by atoms with Gasteiger partial charge < -0.3 is 15.5 Å². The van der Waals surface area contributed by atoms with E-state index in [0.717, 1.165) is 12.4 Å². The second-order valence-electron chi connectivity index (χ2n) is 4.12. The average molecular weight is 293 g/mol. The van der Waals surface area contributed by atoms with Gasteiger partial charge in [0.25, 0.3) is 0 Å². The van der Waals surface area contributed by atoms with Gasteiger partial charge in [-0.05, 0) is 6.42 Å². The van der Waals surface area contributed by atoms with Crippen LogP contribution in [-0.4, -0.2) is 38.7 Å². The van der Waals surface area contributed by atoms with Crippen molar-refractivity contribution in [2.75, 3.05) is 6.54 Å². The zero-order valence-electron chi connectivity index (χ0n) is 10.6. The van der Waals surface area contributed by atoms with Gasteiger partial charge in [0.2, 0.25) is 11.7 Å². The van der Waals surface area contributed by atoms with Gasteiger partial charge in [-0.25, -0.2) is 9.97 Å². The summed E-state index contributed by atoms with van der Waals surface area (Å²) in [5.41, 5.74) is -0.0340. The van der Waals surface area contributed by atoms with Crippen LogP contribution >= 0.6 is 0 Å². The van der Waals surface area contributed by atoms with E-state index >= 15 is 0 Å². The van der Waals surface area contributed by atoms with Gasteiger partial charge in [0.15, 0.2) is 0 Å². The van der Waals surface area contributed by atoms with E-state index in [9.17, 15) is 28.2 Å². The maximum atomic E-state index is 12.2. The first-order chi connectivity index (χ1) is 9.21. The number of alkyl halides is 3. The second-order valence-corrected chi connectivity index (χ2v) is 4.12. The molecule has 0 saturated carbocycles. The van der Waals surface area contributed by atoms with Crippen molar-refractivity contribution in [2.24, 2.45) is 0 Å². The molecule has 0 aliphatic rings. The topological polar surface area (TPSA) is 95.3 Å². The number of hydrogen-bond donors (Lipinski definition) is 3. The summed E-state index contributed by atoms with van der Waals surface area (Å²) in [6.45, 7) is 1.43. The van der Waals surface area contributed by atoms with Crippen LogP contribution in [0.3, 0.4) is 0 Å². The van der Waals surface area contributed by atoms with Crippen molar-refractivity contribution < 1.29 is 28.2 Å². The van der Waals surface area contributed by atoms with Crippen LogP contribution in [0, 0.1) is 0 Å². The highest BCUT2D eigenvalue weighted by molar-refractivity contribution is 5.72. The van der Waals surface area contributed by atoms with E-state index < -0.39 is 24.2 Å². The lowest BCUT2D eigenvalue weighted by Gasteiger charge is -2.18. The summed E-state index contributed by atoms with van der Waals surface area (Å²) in [5, 5.41) is 21.8. The zero-order chi connectivity index (χ0) is 15.3. The summed E-state index contributed by atoms with van der Waals surface area (Å²) in [5.74, 6) is -1.61. The molecule has 6 nitrogen and oxygen atoms in total. The molecule has 1 aromatic heterocycles. The molecule has 0 aliphatic heterocycles. The van der Waals surface area contributed by atoms with Gasteiger partial charge in [-0.15, -0.1) is 0 Å². The Morgan fingerprint density at radius 2 is 1.90 bits per heavy atom. The van der Waals surface area contributed by atoms with Crippen molar-refractivity contribution in [3.05, 3.63) is 23.8 Å². The molecule has 2 atom stereocenters. The molecule has 0 bridgehead atoms. The molecule has 3 N–H and O–H groups in total. The smallest absolute Gasteiger partial charge is 0.390 e. The largest absolute Gasteiger partial charge is 0.451 e. The first-order valence-electron chi connectivity index (χ1n) is 5.71. The van der Waals surface area contributed by atoms with E-state index in [1.165, 1.54) is 6.92 Å². The van der Waals surface area contributed by atoms with Gasteiger partial charge in [-0.1, -0.05) is 0 Å². The second kappa shape index (κ2) is 6.62. The fourth-order valence-corrected chi connectivity index (χ4v) is 1.41. The lowest BCUT2D eigenvalue weighted by molar-refractivity contribution is -0.145. The van der Waals surface area contributed by atoms with Crippen molar-refractivity contribution in [1.82, 2.24) is 15.3 Å². The summed E-state index contributed by atoms with van der Waals surface area (Å²) < 4.78 is 36.7. The van der Waals surface area contributed by atoms with E-state index in [4.69, 9.17) is 0 Å². The third-order valence-electron chi connectivity index (χ3n) is 2.45. The number of nitrogens with one attached hydrogen (secondary N) is 1. The molecule has 0 radical (unpaired) electrons. The molecule has 112 valence electrons. The van der Waals surface area contributed by atoms with E-state index in [0.29, 0.717) is 0 Å². The van der Waals surface area contributed by atoms with Crippen LogP contribution in [0.2, 0.25) is 0 Å². The Balaban J connectivity index is 2.62. The number of nitrogens with zero attached hydrogens (tertiary/aromatic N) is 2. The lowest BCUT2D eigenvalue weighted by Crippen LogP contribution is -2.27. The number of rotatable bonds is 5. The molecule has 1 rings (SSSR count). The highest BCUT2D eigenvalue weighted by Crippen LogP contribution is 2.26. The van der Waals surface area contributed by atoms with Crippen molar-refractivity contribution in [3.8, 4) is 0 Å². The number of halogens is 3. The Morgan fingerprint density at radius 3 is 2.35 bits per heavy atom. The van der Waals surface area contributed by atoms with Crippen molar-refractivity contribution in [1.29, 1.82) is 0 Å². The molecule has 0 aromatic carbocycles. The number of aromatic nitrogens is 2. The molecular formula is C11H14F3N3O3. The van der Waals surface area contributed by atoms with E-state index in [1.807, 2.05) is 0 Å². The molecule has 1 amide bonds. The van der Waals surface area contributed by atoms with Crippen LogP contribution in [-0.2, 0) is 11.0 Å². The van der Waals surface area contributed by atoms with Gasteiger partial charge in [-0.2, -0.15) is 13.2 Å². The van der Waals surface area contributed by atoms with Crippen LogP contribution in [0.1, 0.15) is 30.8 Å². The predicted molar refractivity (Wildman–Crippen MR) is 61.3 cm³/mol. The minimum Gasteiger partial charge on any atom is -0.390 e. The predicted octanol–water partition coefficient (Wildman–Crippen LogP) is 0.416. The standard InChI is InChI=1S/C11H14F3N3O3/c1-6(18)15-3-2-8(19)9(20)7-4-16-10(17-5-7)11(12,13)14/h4-5,8-9,19-20H,2-3H2,1H3,(H,15,18). The van der Waals surface area contributed by atoms with Crippen molar-refractivity contribution in [2.45, 2.75) is 31.7 Å². The number of aliphatic hydroxyl groups excluding tert-OH is 2. The van der Waals surface area contributed by atoms with Crippen LogP contribution in [0.25, 0.3) is 0 Å². The SMILES string of the molecule is CC(=O)NCCC(O)C(O)c1cnc(C(F)(F)F)nc1. The monoisotopic (exact) mass is 293 g/mol. The van der Waals surface area contributed by atoms with Crippen molar-refractivity contribution in [3.63, 3.8) is 0 Å². The molecule has 1 heterocycles. The van der Waals surface area contributed by atoms with Gasteiger partial charge >= 0.3 is 6.18 Å². The Labute approximate surface area is 112 Å². The zero-order valence-corrected chi connectivity index (χ0v) is 10.6. The average Bonchev–Trinajstić information content (AvgIpc) is 2.36. The molecule has 0 saturated heterocycles. The fourth-order valence-electron chi connectivity index (χ4n) is 1.41. The number of carbonyl (C=O) groups excluding carboxylic acids is 1. The van der Waals surface area contributed by atoms with Crippen LogP contribution in [0.15, 0.2) is 12.4 Å². The quantitative estimate of drug-likeness (QED) is 0.731. The Morgan fingerprint density at radius 1 is 1.35 bits per heavy atom. The molecular weight excluding hydrogens is 279 g/mol. The highest BCUT2D eigenvalue weighted by Gasteiger charge is 2.34. The molecule has 9 heteroatoms. The maximum Gasteiger partial charge on any atom is 0.451 e. The van der Waals surface area contributed by atoms with Gasteiger partial charge in [0.05, 0.1) is 6.10 Å². The fraction of sp³-hybridized carbons (Fsp3) is 0.545. The Bertz CT molecular complexity index is 450. The first kappa shape index (κ1) is 16.3. The maximum absolute atomic E-state index is 12.2. The number of hydrogen-bond acceptors (Lipinski definition) is 5. The summed E-state index contributed by atoms with van der Waals surface area (Å²) in [7, 11) is 0. The molecule has 1 aromatic rings. The molecule has 2 unspecified atom stereocenters. The molecule has 0 fully saturated rings. The summed E-state index contributed by atoms with van der Waals surface area (Å²) in [6, 6.07) is 0. The highest BCUT2D eigenvalue weighted by atomic mass is 19.4. The Hall–Kier alpha value is -1.74. The van der Waals surface area contributed by atoms with E-state index in [1.54, 1.807) is 0 Å². The van der Waals surface area contributed by atoms with Gasteiger partial charge in [-0.3, -0.25) is 4.79 Å². The molecule has 0 spiro atoms. The summed E-state index contributed by atoms with van der Waals surface area (Å²) in [6.07, 6.45) is -5.67. The number of amides is 1.